The summed E-state index contributed by atoms with van der Waals surface area (Å²) in [7, 11) is 0. The van der Waals surface area contributed by atoms with Gasteiger partial charge in [0.1, 0.15) is 18.1 Å². The zero-order valence-corrected chi connectivity index (χ0v) is 17.4. The van der Waals surface area contributed by atoms with E-state index in [1.807, 2.05) is 49.4 Å². The molecule has 3 aromatic carbocycles. The van der Waals surface area contributed by atoms with Gasteiger partial charge in [-0.3, -0.25) is 4.79 Å². The van der Waals surface area contributed by atoms with Gasteiger partial charge in [-0.05, 0) is 60.4 Å². The molecule has 0 aliphatic carbocycles. The number of rotatable bonds is 9. The number of ether oxygens (including phenoxy) is 2. The topological polar surface area (TPSA) is 47.6 Å². The molecule has 0 saturated carbocycles. The summed E-state index contributed by atoms with van der Waals surface area (Å²) in [6.07, 6.45) is 0.959. The molecule has 0 bridgehead atoms. The molecule has 0 aromatic heterocycles. The van der Waals surface area contributed by atoms with E-state index < -0.39 is 0 Å². The van der Waals surface area contributed by atoms with Crippen LogP contribution in [-0.2, 0) is 6.61 Å². The van der Waals surface area contributed by atoms with Crippen molar-refractivity contribution in [2.75, 3.05) is 13.2 Å². The second-order valence-corrected chi connectivity index (χ2v) is 7.49. The first-order valence-electron chi connectivity index (χ1n) is 10.2. The summed E-state index contributed by atoms with van der Waals surface area (Å²) < 4.78 is 11.8. The first kappa shape index (κ1) is 20.7. The third-order valence-corrected chi connectivity index (χ3v) is 4.75. The molecular formula is C25H29NO3. The smallest absolute Gasteiger partial charge is 0.251 e. The maximum absolute atomic E-state index is 12.5. The second-order valence-electron chi connectivity index (χ2n) is 7.49. The van der Waals surface area contributed by atoms with Gasteiger partial charge in [0.15, 0.2) is 0 Å². The van der Waals surface area contributed by atoms with Crippen molar-refractivity contribution < 1.29 is 14.3 Å². The number of hydrogen-bond donors (Lipinski definition) is 1. The molecule has 4 heteroatoms. The molecule has 4 nitrogen and oxygen atoms in total. The Balaban J connectivity index is 1.73. The summed E-state index contributed by atoms with van der Waals surface area (Å²) in [5.74, 6) is 2.02. The Bertz CT molecular complexity index is 965. The minimum absolute atomic E-state index is 0.0688. The van der Waals surface area contributed by atoms with E-state index in [0.29, 0.717) is 31.2 Å². The molecule has 0 heterocycles. The molecule has 0 unspecified atom stereocenters. The quantitative estimate of drug-likeness (QED) is 0.517. The van der Waals surface area contributed by atoms with Crippen LogP contribution in [0.5, 0.6) is 11.5 Å². The molecule has 0 spiro atoms. The Labute approximate surface area is 172 Å². The SMILES string of the molecule is CCOc1ccc(C(=O)NCCC(C)C)cc1COc1ccc2ccccc2c1. The van der Waals surface area contributed by atoms with Crippen molar-refractivity contribution in [3.63, 3.8) is 0 Å². The Kier molecular flexibility index (Phi) is 7.12. The standard InChI is InChI=1S/C25H29NO3/c1-4-28-24-12-10-21(25(27)26-14-13-18(2)3)15-22(24)17-29-23-11-9-19-7-5-6-8-20(19)16-23/h5-12,15-16,18H,4,13-14,17H2,1-3H3,(H,26,27). The number of amides is 1. The van der Waals surface area contributed by atoms with Gasteiger partial charge in [-0.2, -0.15) is 0 Å². The molecule has 0 fully saturated rings. The van der Waals surface area contributed by atoms with Gasteiger partial charge in [0, 0.05) is 17.7 Å². The minimum atomic E-state index is -0.0688. The van der Waals surface area contributed by atoms with Crippen LogP contribution in [0.2, 0.25) is 0 Å². The van der Waals surface area contributed by atoms with Crippen molar-refractivity contribution in [2.24, 2.45) is 5.92 Å². The van der Waals surface area contributed by atoms with E-state index in [9.17, 15) is 4.79 Å². The summed E-state index contributed by atoms with van der Waals surface area (Å²) in [5, 5.41) is 5.29. The van der Waals surface area contributed by atoms with Gasteiger partial charge in [-0.15, -0.1) is 0 Å². The number of nitrogens with one attached hydrogen (secondary N) is 1. The number of benzene rings is 3. The molecule has 3 aromatic rings. The van der Waals surface area contributed by atoms with Gasteiger partial charge in [-0.1, -0.05) is 44.2 Å². The van der Waals surface area contributed by atoms with Gasteiger partial charge in [0.25, 0.3) is 5.91 Å². The van der Waals surface area contributed by atoms with E-state index in [2.05, 4.69) is 31.3 Å². The molecule has 29 heavy (non-hydrogen) atoms. The highest BCUT2D eigenvalue weighted by Crippen LogP contribution is 2.25. The monoisotopic (exact) mass is 391 g/mol. The van der Waals surface area contributed by atoms with Crippen LogP contribution in [0.15, 0.2) is 60.7 Å². The summed E-state index contributed by atoms with van der Waals surface area (Å²) in [5.41, 5.74) is 1.48. The predicted octanol–water partition coefficient (Wildman–Crippen LogP) is 5.59. The van der Waals surface area contributed by atoms with E-state index >= 15 is 0 Å². The average molecular weight is 392 g/mol. The first-order valence-corrected chi connectivity index (χ1v) is 10.2. The fourth-order valence-electron chi connectivity index (χ4n) is 3.12. The molecule has 1 amide bonds. The first-order chi connectivity index (χ1) is 14.1. The lowest BCUT2D eigenvalue weighted by molar-refractivity contribution is 0.0952. The summed E-state index contributed by atoms with van der Waals surface area (Å²) >= 11 is 0. The zero-order valence-electron chi connectivity index (χ0n) is 17.4. The van der Waals surface area contributed by atoms with Crippen LogP contribution < -0.4 is 14.8 Å². The molecule has 0 aliphatic heterocycles. The number of fused-ring (bicyclic) bond motifs is 1. The number of hydrogen-bond acceptors (Lipinski definition) is 3. The van der Waals surface area contributed by atoms with Crippen LogP contribution in [0.3, 0.4) is 0 Å². The lowest BCUT2D eigenvalue weighted by atomic mass is 10.1. The molecule has 0 radical (unpaired) electrons. The van der Waals surface area contributed by atoms with Crippen LogP contribution in [-0.4, -0.2) is 19.1 Å². The van der Waals surface area contributed by atoms with Gasteiger partial charge < -0.3 is 14.8 Å². The van der Waals surface area contributed by atoms with E-state index in [-0.39, 0.29) is 5.91 Å². The molecule has 152 valence electrons. The van der Waals surface area contributed by atoms with Crippen molar-refractivity contribution in [3.8, 4) is 11.5 Å². The van der Waals surface area contributed by atoms with Crippen molar-refractivity contribution in [1.29, 1.82) is 0 Å². The lowest BCUT2D eigenvalue weighted by Gasteiger charge is -2.14. The average Bonchev–Trinajstić information content (AvgIpc) is 2.72. The highest BCUT2D eigenvalue weighted by atomic mass is 16.5. The van der Waals surface area contributed by atoms with E-state index in [1.165, 1.54) is 5.39 Å². The lowest BCUT2D eigenvalue weighted by Crippen LogP contribution is -2.25. The van der Waals surface area contributed by atoms with E-state index in [0.717, 1.165) is 28.9 Å². The fraction of sp³-hybridized carbons (Fsp3) is 0.320. The highest BCUT2D eigenvalue weighted by Gasteiger charge is 2.12. The molecule has 0 atom stereocenters. The van der Waals surface area contributed by atoms with E-state index in [4.69, 9.17) is 9.47 Å². The van der Waals surface area contributed by atoms with Crippen LogP contribution in [0.4, 0.5) is 0 Å². The Morgan fingerprint density at radius 1 is 0.966 bits per heavy atom. The maximum atomic E-state index is 12.5. The Hall–Kier alpha value is -3.01. The maximum Gasteiger partial charge on any atom is 0.251 e. The minimum Gasteiger partial charge on any atom is -0.493 e. The summed E-state index contributed by atoms with van der Waals surface area (Å²) in [4.78, 5) is 12.5. The summed E-state index contributed by atoms with van der Waals surface area (Å²) in [6, 6.07) is 19.7. The third kappa shape index (κ3) is 5.74. The zero-order chi connectivity index (χ0) is 20.6. The van der Waals surface area contributed by atoms with Crippen molar-refractivity contribution in [1.82, 2.24) is 5.32 Å². The van der Waals surface area contributed by atoms with Gasteiger partial charge in [0.2, 0.25) is 0 Å². The number of carbonyl (C=O) groups is 1. The molecule has 3 rings (SSSR count). The molecule has 0 saturated heterocycles. The van der Waals surface area contributed by atoms with Crippen LogP contribution in [0.25, 0.3) is 10.8 Å². The van der Waals surface area contributed by atoms with Gasteiger partial charge >= 0.3 is 0 Å². The van der Waals surface area contributed by atoms with Crippen molar-refractivity contribution in [3.05, 3.63) is 71.8 Å². The van der Waals surface area contributed by atoms with Gasteiger partial charge in [0.05, 0.1) is 6.61 Å². The highest BCUT2D eigenvalue weighted by molar-refractivity contribution is 5.94. The second kappa shape index (κ2) is 9.97. The molecule has 0 aliphatic rings. The fourth-order valence-corrected chi connectivity index (χ4v) is 3.12. The predicted molar refractivity (Wildman–Crippen MR) is 118 cm³/mol. The van der Waals surface area contributed by atoms with Crippen LogP contribution in [0, 0.1) is 5.92 Å². The Morgan fingerprint density at radius 2 is 1.76 bits per heavy atom. The van der Waals surface area contributed by atoms with Crippen LogP contribution >= 0.6 is 0 Å². The third-order valence-electron chi connectivity index (χ3n) is 4.75. The molecular weight excluding hydrogens is 362 g/mol. The van der Waals surface area contributed by atoms with Crippen molar-refractivity contribution >= 4 is 16.7 Å². The summed E-state index contributed by atoms with van der Waals surface area (Å²) in [6.45, 7) is 7.80. The van der Waals surface area contributed by atoms with Crippen molar-refractivity contribution in [2.45, 2.75) is 33.8 Å². The molecule has 1 N–H and O–H groups in total. The largest absolute Gasteiger partial charge is 0.493 e. The van der Waals surface area contributed by atoms with Gasteiger partial charge in [-0.25, -0.2) is 0 Å². The number of carbonyl (C=O) groups excluding carboxylic acids is 1. The Morgan fingerprint density at radius 3 is 2.52 bits per heavy atom. The van der Waals surface area contributed by atoms with E-state index in [1.54, 1.807) is 6.07 Å². The van der Waals surface area contributed by atoms with Crippen LogP contribution in [0.1, 0.15) is 43.1 Å². The normalized spacial score (nSPS) is 10.9.